The molecule has 1 saturated heterocycles. The van der Waals surface area contributed by atoms with Crippen molar-refractivity contribution in [3.05, 3.63) is 0 Å². The molecular weight excluding hydrogens is 140 g/mol. The summed E-state index contributed by atoms with van der Waals surface area (Å²) >= 11 is 0. The summed E-state index contributed by atoms with van der Waals surface area (Å²) in [4.78, 5) is 10.8. The summed E-state index contributed by atoms with van der Waals surface area (Å²) in [5.41, 5.74) is 0.205. The van der Waals surface area contributed by atoms with E-state index in [0.717, 1.165) is 13.1 Å². The molecule has 1 amide bonds. The van der Waals surface area contributed by atoms with E-state index in [9.17, 15) is 4.79 Å². The zero-order valence-corrected chi connectivity index (χ0v) is 6.81. The first-order valence-corrected chi connectivity index (χ1v) is 4.22. The molecule has 0 atom stereocenters. The van der Waals surface area contributed by atoms with E-state index >= 15 is 0 Å². The lowest BCUT2D eigenvalue weighted by Crippen LogP contribution is -2.56. The molecule has 0 aromatic heterocycles. The topological polar surface area (TPSA) is 41.1 Å². The lowest BCUT2D eigenvalue weighted by molar-refractivity contribution is -0.120. The Labute approximate surface area is 66.5 Å². The third kappa shape index (κ3) is 1.13. The number of rotatable bonds is 2. The Bertz CT molecular complexity index is 183. The minimum absolute atomic E-state index is 0.120. The number of carbonyl (C=O) groups excluding carboxylic acids is 1. The van der Waals surface area contributed by atoms with Gasteiger partial charge in [0.05, 0.1) is 0 Å². The van der Waals surface area contributed by atoms with E-state index < -0.39 is 0 Å². The third-order valence-corrected chi connectivity index (χ3v) is 2.78. The fourth-order valence-electron chi connectivity index (χ4n) is 1.80. The Morgan fingerprint density at radius 3 is 2.45 bits per heavy atom. The SMILES string of the molecule is CC(=O)NC1(C2CNC2)CC1. The fourth-order valence-corrected chi connectivity index (χ4v) is 1.80. The van der Waals surface area contributed by atoms with Crippen LogP contribution in [0.2, 0.25) is 0 Å². The van der Waals surface area contributed by atoms with Crippen LogP contribution in [0, 0.1) is 5.92 Å². The molecule has 0 spiro atoms. The predicted octanol–water partition coefficient (Wildman–Crippen LogP) is -0.126. The van der Waals surface area contributed by atoms with Crippen molar-refractivity contribution in [2.75, 3.05) is 13.1 Å². The minimum atomic E-state index is 0.120. The smallest absolute Gasteiger partial charge is 0.217 e. The first kappa shape index (κ1) is 7.10. The molecule has 11 heavy (non-hydrogen) atoms. The molecule has 2 fully saturated rings. The maximum Gasteiger partial charge on any atom is 0.217 e. The highest BCUT2D eigenvalue weighted by molar-refractivity contribution is 5.74. The molecule has 2 aliphatic rings. The summed E-state index contributed by atoms with van der Waals surface area (Å²) in [5, 5.41) is 6.28. The standard InChI is InChI=1S/C8H14N2O/c1-6(11)10-8(2-3-8)7-4-9-5-7/h7,9H,2-5H2,1H3,(H,10,11). The molecule has 0 radical (unpaired) electrons. The van der Waals surface area contributed by atoms with E-state index in [1.54, 1.807) is 6.92 Å². The van der Waals surface area contributed by atoms with Gasteiger partial charge in [-0.2, -0.15) is 0 Å². The van der Waals surface area contributed by atoms with Gasteiger partial charge in [0.1, 0.15) is 0 Å². The normalized spacial score (nSPS) is 27.4. The van der Waals surface area contributed by atoms with Crippen LogP contribution >= 0.6 is 0 Å². The Morgan fingerprint density at radius 1 is 1.55 bits per heavy atom. The molecule has 1 saturated carbocycles. The van der Waals surface area contributed by atoms with E-state index in [-0.39, 0.29) is 11.4 Å². The van der Waals surface area contributed by atoms with Crippen molar-refractivity contribution in [1.29, 1.82) is 0 Å². The quantitative estimate of drug-likeness (QED) is 0.582. The Morgan fingerprint density at radius 2 is 2.18 bits per heavy atom. The van der Waals surface area contributed by atoms with Crippen molar-refractivity contribution in [2.24, 2.45) is 5.92 Å². The van der Waals surface area contributed by atoms with Crippen molar-refractivity contribution in [1.82, 2.24) is 10.6 Å². The molecule has 0 bridgehead atoms. The van der Waals surface area contributed by atoms with Crippen LogP contribution in [0.15, 0.2) is 0 Å². The highest BCUT2D eigenvalue weighted by Gasteiger charge is 2.51. The van der Waals surface area contributed by atoms with Crippen LogP contribution in [-0.2, 0) is 4.79 Å². The predicted molar refractivity (Wildman–Crippen MR) is 42.1 cm³/mol. The summed E-state index contributed by atoms with van der Waals surface area (Å²) in [6.45, 7) is 3.77. The molecular formula is C8H14N2O. The fraction of sp³-hybridized carbons (Fsp3) is 0.875. The van der Waals surface area contributed by atoms with E-state index in [1.165, 1.54) is 12.8 Å². The summed E-state index contributed by atoms with van der Waals surface area (Å²) in [6, 6.07) is 0. The van der Waals surface area contributed by atoms with Gasteiger partial charge in [-0.3, -0.25) is 4.79 Å². The van der Waals surface area contributed by atoms with Crippen LogP contribution in [0.3, 0.4) is 0 Å². The van der Waals surface area contributed by atoms with Gasteiger partial charge in [0.25, 0.3) is 0 Å². The van der Waals surface area contributed by atoms with E-state index in [1.807, 2.05) is 0 Å². The highest BCUT2D eigenvalue weighted by Crippen LogP contribution is 2.43. The lowest BCUT2D eigenvalue weighted by Gasteiger charge is -2.35. The van der Waals surface area contributed by atoms with E-state index in [2.05, 4.69) is 10.6 Å². The molecule has 0 aromatic rings. The van der Waals surface area contributed by atoms with Crippen molar-refractivity contribution in [3.8, 4) is 0 Å². The first-order chi connectivity index (χ1) is 5.23. The third-order valence-electron chi connectivity index (χ3n) is 2.78. The van der Waals surface area contributed by atoms with Gasteiger partial charge in [-0.25, -0.2) is 0 Å². The summed E-state index contributed by atoms with van der Waals surface area (Å²) in [7, 11) is 0. The van der Waals surface area contributed by atoms with Crippen LogP contribution in [0.1, 0.15) is 19.8 Å². The molecule has 3 heteroatoms. The van der Waals surface area contributed by atoms with Crippen molar-refractivity contribution >= 4 is 5.91 Å². The Hall–Kier alpha value is -0.570. The van der Waals surface area contributed by atoms with Gasteiger partial charge in [0.15, 0.2) is 0 Å². The van der Waals surface area contributed by atoms with Crippen molar-refractivity contribution < 1.29 is 4.79 Å². The maximum atomic E-state index is 10.8. The van der Waals surface area contributed by atoms with Gasteiger partial charge >= 0.3 is 0 Å². The van der Waals surface area contributed by atoms with Crippen LogP contribution < -0.4 is 10.6 Å². The Balaban J connectivity index is 1.93. The molecule has 1 aliphatic carbocycles. The molecule has 62 valence electrons. The second-order valence-electron chi connectivity index (χ2n) is 3.69. The van der Waals surface area contributed by atoms with Crippen LogP contribution in [0.5, 0.6) is 0 Å². The lowest BCUT2D eigenvalue weighted by atomic mass is 9.91. The number of hydrogen-bond donors (Lipinski definition) is 2. The summed E-state index contributed by atoms with van der Waals surface area (Å²) < 4.78 is 0. The van der Waals surface area contributed by atoms with Gasteiger partial charge in [0, 0.05) is 31.5 Å². The van der Waals surface area contributed by atoms with E-state index in [4.69, 9.17) is 0 Å². The summed E-state index contributed by atoms with van der Waals surface area (Å²) in [5.74, 6) is 0.820. The average molecular weight is 154 g/mol. The molecule has 1 aliphatic heterocycles. The largest absolute Gasteiger partial charge is 0.351 e. The Kier molecular flexibility index (Phi) is 1.42. The number of nitrogens with one attached hydrogen (secondary N) is 2. The zero-order chi connectivity index (χ0) is 7.90. The monoisotopic (exact) mass is 154 g/mol. The molecule has 3 nitrogen and oxygen atoms in total. The molecule has 1 heterocycles. The second-order valence-corrected chi connectivity index (χ2v) is 3.69. The van der Waals surface area contributed by atoms with Gasteiger partial charge in [-0.05, 0) is 12.8 Å². The first-order valence-electron chi connectivity index (χ1n) is 4.22. The van der Waals surface area contributed by atoms with Crippen LogP contribution in [0.4, 0.5) is 0 Å². The number of carbonyl (C=O) groups is 1. The van der Waals surface area contributed by atoms with Gasteiger partial charge in [-0.15, -0.1) is 0 Å². The van der Waals surface area contributed by atoms with E-state index in [0.29, 0.717) is 5.92 Å². The van der Waals surface area contributed by atoms with Crippen molar-refractivity contribution in [2.45, 2.75) is 25.3 Å². The number of hydrogen-bond acceptors (Lipinski definition) is 2. The second kappa shape index (κ2) is 2.21. The molecule has 2 rings (SSSR count). The molecule has 0 aromatic carbocycles. The van der Waals surface area contributed by atoms with Gasteiger partial charge in [0.2, 0.25) is 5.91 Å². The zero-order valence-electron chi connectivity index (χ0n) is 6.81. The molecule has 2 N–H and O–H groups in total. The van der Waals surface area contributed by atoms with Gasteiger partial charge in [-0.1, -0.05) is 0 Å². The van der Waals surface area contributed by atoms with Crippen LogP contribution in [-0.4, -0.2) is 24.5 Å². The highest BCUT2D eigenvalue weighted by atomic mass is 16.1. The summed E-state index contributed by atoms with van der Waals surface area (Å²) in [6.07, 6.45) is 2.36. The van der Waals surface area contributed by atoms with Gasteiger partial charge < -0.3 is 10.6 Å². The number of amides is 1. The average Bonchev–Trinajstić information content (AvgIpc) is 2.40. The van der Waals surface area contributed by atoms with Crippen LogP contribution in [0.25, 0.3) is 0 Å². The minimum Gasteiger partial charge on any atom is -0.351 e. The maximum absolute atomic E-state index is 10.8. The molecule has 0 unspecified atom stereocenters. The van der Waals surface area contributed by atoms with Crippen molar-refractivity contribution in [3.63, 3.8) is 0 Å².